The van der Waals surface area contributed by atoms with E-state index in [0.717, 1.165) is 36.8 Å². The fourth-order valence-corrected chi connectivity index (χ4v) is 5.41. The number of hydrogen-bond acceptors (Lipinski definition) is 4. The lowest BCUT2D eigenvalue weighted by Crippen LogP contribution is -2.46. The molecule has 4 rings (SSSR count). The largest absolute Gasteiger partial charge is 0.491 e. The predicted octanol–water partition coefficient (Wildman–Crippen LogP) is 6.45. The summed E-state index contributed by atoms with van der Waals surface area (Å²) in [6.45, 7) is 2.66. The summed E-state index contributed by atoms with van der Waals surface area (Å²) in [7, 11) is 1.65. The lowest BCUT2D eigenvalue weighted by molar-refractivity contribution is -0.134. The molecule has 1 aliphatic rings. The highest BCUT2D eigenvalue weighted by atomic mass is 35.5. The number of nitrogens with zero attached hydrogens (tertiary/aromatic N) is 2. The molecule has 0 N–H and O–H groups in total. The molecule has 0 bridgehead atoms. The van der Waals surface area contributed by atoms with E-state index in [1.165, 1.54) is 0 Å². The Balaban J connectivity index is 1.59. The van der Waals surface area contributed by atoms with Crippen molar-refractivity contribution in [2.24, 2.45) is 0 Å². The molecule has 0 spiro atoms. The standard InChI is InChI=1S/C34H41ClN2O4/c1-40-24-23-36-21-9-2-3-10-22-37(33(38)20-17-27-15-18-29(35)19-16-27)30(25-28-11-5-4-6-12-28)26-41-32-14-8-7-13-31(32)34(36)39/h4-8,11-16,18-19,30H,2-3,9-10,17,20-26H2,1H3/t30-/m0/s1. The number of halogens is 1. The molecular formula is C34H41ClN2O4. The van der Waals surface area contributed by atoms with Crippen LogP contribution in [0.1, 0.15) is 53.6 Å². The van der Waals surface area contributed by atoms with Gasteiger partial charge in [-0.05, 0) is 61.1 Å². The first-order valence-corrected chi connectivity index (χ1v) is 15.0. The highest BCUT2D eigenvalue weighted by molar-refractivity contribution is 6.30. The quantitative estimate of drug-likeness (QED) is 0.309. The average Bonchev–Trinajstić information content (AvgIpc) is 3.00. The van der Waals surface area contributed by atoms with Crippen molar-refractivity contribution in [3.8, 4) is 5.75 Å². The van der Waals surface area contributed by atoms with Crippen molar-refractivity contribution in [1.29, 1.82) is 0 Å². The van der Waals surface area contributed by atoms with Crippen molar-refractivity contribution in [3.63, 3.8) is 0 Å². The monoisotopic (exact) mass is 576 g/mol. The van der Waals surface area contributed by atoms with E-state index in [1.54, 1.807) is 7.11 Å². The van der Waals surface area contributed by atoms with Crippen molar-refractivity contribution in [1.82, 2.24) is 9.80 Å². The van der Waals surface area contributed by atoms with Crippen LogP contribution in [0.25, 0.3) is 0 Å². The summed E-state index contributed by atoms with van der Waals surface area (Å²) in [4.78, 5) is 31.3. The van der Waals surface area contributed by atoms with E-state index >= 15 is 0 Å². The highest BCUT2D eigenvalue weighted by Crippen LogP contribution is 2.23. The third kappa shape index (κ3) is 9.34. The third-order valence-electron chi connectivity index (χ3n) is 7.59. The van der Waals surface area contributed by atoms with Crippen molar-refractivity contribution in [2.75, 3.05) is 40.0 Å². The van der Waals surface area contributed by atoms with E-state index in [9.17, 15) is 9.59 Å². The summed E-state index contributed by atoms with van der Waals surface area (Å²) in [5.74, 6) is 0.612. The second-order valence-electron chi connectivity index (χ2n) is 10.6. The van der Waals surface area contributed by atoms with E-state index in [0.29, 0.717) is 68.4 Å². The van der Waals surface area contributed by atoms with E-state index in [-0.39, 0.29) is 17.9 Å². The molecule has 7 heteroatoms. The van der Waals surface area contributed by atoms with Gasteiger partial charge in [0.05, 0.1) is 18.2 Å². The molecule has 0 aliphatic carbocycles. The number of benzene rings is 3. The fraction of sp³-hybridized carbons (Fsp3) is 0.412. The van der Waals surface area contributed by atoms with E-state index in [2.05, 4.69) is 12.1 Å². The molecule has 3 aromatic rings. The van der Waals surface area contributed by atoms with Crippen LogP contribution in [0, 0.1) is 0 Å². The minimum Gasteiger partial charge on any atom is -0.491 e. The molecule has 1 heterocycles. The Morgan fingerprint density at radius 1 is 0.902 bits per heavy atom. The van der Waals surface area contributed by atoms with Crippen molar-refractivity contribution >= 4 is 23.4 Å². The topological polar surface area (TPSA) is 59.1 Å². The van der Waals surface area contributed by atoms with Gasteiger partial charge < -0.3 is 19.3 Å². The van der Waals surface area contributed by atoms with Gasteiger partial charge >= 0.3 is 0 Å². The minimum absolute atomic E-state index is 0.0507. The molecule has 2 amide bonds. The first kappa shape index (κ1) is 30.6. The van der Waals surface area contributed by atoms with Gasteiger partial charge in [0.25, 0.3) is 5.91 Å². The molecule has 0 saturated carbocycles. The predicted molar refractivity (Wildman–Crippen MR) is 164 cm³/mol. The number of rotatable bonds is 8. The van der Waals surface area contributed by atoms with Gasteiger partial charge in [-0.3, -0.25) is 9.59 Å². The summed E-state index contributed by atoms with van der Waals surface area (Å²) < 4.78 is 11.7. The summed E-state index contributed by atoms with van der Waals surface area (Å²) in [6.07, 6.45) is 5.52. The number of para-hydroxylation sites is 1. The molecule has 0 aromatic heterocycles. The van der Waals surface area contributed by atoms with E-state index < -0.39 is 0 Å². The van der Waals surface area contributed by atoms with Crippen LogP contribution in [-0.2, 0) is 22.4 Å². The smallest absolute Gasteiger partial charge is 0.257 e. The van der Waals surface area contributed by atoms with Gasteiger partial charge in [-0.1, -0.05) is 79.0 Å². The fourth-order valence-electron chi connectivity index (χ4n) is 5.28. The summed E-state index contributed by atoms with van der Waals surface area (Å²) in [6, 6.07) is 25.2. The lowest BCUT2D eigenvalue weighted by atomic mass is 10.0. The summed E-state index contributed by atoms with van der Waals surface area (Å²) in [5, 5.41) is 0.690. The zero-order valence-corrected chi connectivity index (χ0v) is 24.7. The Morgan fingerprint density at radius 2 is 1.61 bits per heavy atom. The maximum absolute atomic E-state index is 13.8. The zero-order valence-electron chi connectivity index (χ0n) is 24.0. The molecule has 218 valence electrons. The van der Waals surface area contributed by atoms with Gasteiger partial charge in [0.1, 0.15) is 12.4 Å². The van der Waals surface area contributed by atoms with Gasteiger partial charge in [-0.25, -0.2) is 0 Å². The Kier molecular flexibility index (Phi) is 12.1. The first-order valence-electron chi connectivity index (χ1n) is 14.6. The minimum atomic E-state index is -0.175. The maximum Gasteiger partial charge on any atom is 0.257 e. The second-order valence-corrected chi connectivity index (χ2v) is 11.0. The average molecular weight is 577 g/mol. The summed E-state index contributed by atoms with van der Waals surface area (Å²) >= 11 is 6.06. The van der Waals surface area contributed by atoms with Crippen LogP contribution in [0.5, 0.6) is 5.75 Å². The Bertz CT molecular complexity index is 1230. The van der Waals surface area contributed by atoms with Gasteiger partial charge in [0.2, 0.25) is 5.91 Å². The molecule has 0 saturated heterocycles. The maximum atomic E-state index is 13.8. The first-order chi connectivity index (χ1) is 20.0. The molecule has 1 atom stereocenters. The zero-order chi connectivity index (χ0) is 28.9. The SMILES string of the molecule is COCCN1CCCCCCN(C(=O)CCc2ccc(Cl)cc2)[C@@H](Cc2ccccc2)COc2ccccc2C1=O. The second kappa shape index (κ2) is 16.2. The van der Waals surface area contributed by atoms with Gasteiger partial charge in [0.15, 0.2) is 0 Å². The van der Waals surface area contributed by atoms with Crippen molar-refractivity contribution in [2.45, 2.75) is 51.0 Å². The molecular weight excluding hydrogens is 536 g/mol. The normalized spacial score (nSPS) is 16.9. The number of fused-ring (bicyclic) bond motifs is 1. The number of methoxy groups -OCH3 is 1. The highest BCUT2D eigenvalue weighted by Gasteiger charge is 2.26. The molecule has 6 nitrogen and oxygen atoms in total. The number of carbonyl (C=O) groups is 2. The number of amides is 2. The van der Waals surface area contributed by atoms with Crippen LogP contribution in [-0.4, -0.2) is 67.6 Å². The molecule has 0 unspecified atom stereocenters. The van der Waals surface area contributed by atoms with Crippen LogP contribution in [0.2, 0.25) is 5.02 Å². The molecule has 0 radical (unpaired) electrons. The Hall–Kier alpha value is -3.35. The number of ether oxygens (including phenoxy) is 2. The van der Waals surface area contributed by atoms with Crippen LogP contribution < -0.4 is 4.74 Å². The number of aryl methyl sites for hydroxylation is 1. The third-order valence-corrected chi connectivity index (χ3v) is 7.85. The number of carbonyl (C=O) groups excluding carboxylic acids is 2. The Labute approximate surface area is 249 Å². The van der Waals surface area contributed by atoms with Crippen molar-refractivity contribution < 1.29 is 19.1 Å². The van der Waals surface area contributed by atoms with Crippen LogP contribution in [0.3, 0.4) is 0 Å². The lowest BCUT2D eigenvalue weighted by Gasteiger charge is -2.33. The molecule has 41 heavy (non-hydrogen) atoms. The molecule has 0 fully saturated rings. The van der Waals surface area contributed by atoms with E-state index in [1.807, 2.05) is 76.5 Å². The number of hydrogen-bond donors (Lipinski definition) is 0. The van der Waals surface area contributed by atoms with Crippen LogP contribution >= 0.6 is 11.6 Å². The Morgan fingerprint density at radius 3 is 2.37 bits per heavy atom. The van der Waals surface area contributed by atoms with Crippen LogP contribution in [0.4, 0.5) is 0 Å². The summed E-state index contributed by atoms with van der Waals surface area (Å²) in [5.41, 5.74) is 2.78. The van der Waals surface area contributed by atoms with Gasteiger partial charge in [-0.15, -0.1) is 0 Å². The van der Waals surface area contributed by atoms with Gasteiger partial charge in [-0.2, -0.15) is 0 Å². The van der Waals surface area contributed by atoms with Gasteiger partial charge in [0, 0.05) is 38.2 Å². The molecule has 1 aliphatic heterocycles. The van der Waals surface area contributed by atoms with Crippen LogP contribution in [0.15, 0.2) is 78.9 Å². The van der Waals surface area contributed by atoms with E-state index in [4.69, 9.17) is 21.1 Å². The molecule has 3 aromatic carbocycles. The van der Waals surface area contributed by atoms with Crippen molar-refractivity contribution in [3.05, 3.63) is 101 Å².